The van der Waals surface area contributed by atoms with Crippen LogP contribution in [0.25, 0.3) is 21.9 Å². The first-order chi connectivity index (χ1) is 12.2. The third-order valence-corrected chi connectivity index (χ3v) is 4.57. The van der Waals surface area contributed by atoms with E-state index in [-0.39, 0.29) is 0 Å². The molecule has 0 bridgehead atoms. The molecular formula is C19H14BrNO4. The van der Waals surface area contributed by atoms with Crippen molar-refractivity contribution in [3.8, 4) is 5.75 Å². The topological polar surface area (TPSA) is 64.6 Å². The zero-order chi connectivity index (χ0) is 17.4. The number of rotatable bonds is 4. The highest BCUT2D eigenvalue weighted by molar-refractivity contribution is 9.10. The van der Waals surface area contributed by atoms with Crippen molar-refractivity contribution in [3.63, 3.8) is 0 Å². The molecule has 2 heterocycles. The van der Waals surface area contributed by atoms with Gasteiger partial charge in [0.15, 0.2) is 11.2 Å². The Bertz CT molecular complexity index is 1110. The Balaban J connectivity index is 1.87. The average Bonchev–Trinajstić information content (AvgIpc) is 3.09. The fraction of sp³-hybridized carbons (Fsp3) is 0.105. The summed E-state index contributed by atoms with van der Waals surface area (Å²) in [7, 11) is 1.53. The summed E-state index contributed by atoms with van der Waals surface area (Å²) in [6.45, 7) is 0.619. The summed E-state index contributed by atoms with van der Waals surface area (Å²) < 4.78 is 17.4. The van der Waals surface area contributed by atoms with E-state index in [9.17, 15) is 4.79 Å². The molecule has 0 aliphatic heterocycles. The molecule has 0 spiro atoms. The molecule has 0 saturated carbocycles. The van der Waals surface area contributed by atoms with Crippen LogP contribution >= 0.6 is 15.9 Å². The minimum atomic E-state index is -0.435. The Morgan fingerprint density at radius 3 is 2.56 bits per heavy atom. The van der Waals surface area contributed by atoms with Crippen molar-refractivity contribution >= 4 is 43.6 Å². The van der Waals surface area contributed by atoms with Crippen molar-refractivity contribution in [3.05, 3.63) is 69.2 Å². The number of methoxy groups -OCH3 is 1. The van der Waals surface area contributed by atoms with Crippen LogP contribution in [-0.4, -0.2) is 7.11 Å². The summed E-state index contributed by atoms with van der Waals surface area (Å²) in [5, 5.41) is 5.07. The van der Waals surface area contributed by atoms with Crippen LogP contribution in [0.4, 0.5) is 5.69 Å². The molecule has 0 unspecified atom stereocenters. The number of benzene rings is 2. The van der Waals surface area contributed by atoms with Crippen LogP contribution in [0, 0.1) is 0 Å². The van der Waals surface area contributed by atoms with Crippen molar-refractivity contribution in [1.82, 2.24) is 0 Å². The quantitative estimate of drug-likeness (QED) is 0.493. The average molecular weight is 400 g/mol. The highest BCUT2D eigenvalue weighted by Gasteiger charge is 2.19. The fourth-order valence-corrected chi connectivity index (χ4v) is 3.15. The van der Waals surface area contributed by atoms with Gasteiger partial charge in [-0.25, -0.2) is 4.79 Å². The first-order valence-corrected chi connectivity index (χ1v) is 8.46. The van der Waals surface area contributed by atoms with Gasteiger partial charge in [0.05, 0.1) is 19.1 Å². The van der Waals surface area contributed by atoms with E-state index < -0.39 is 5.63 Å². The Morgan fingerprint density at radius 1 is 1.04 bits per heavy atom. The standard InChI is InChI=1S/C19H14BrNO4/c1-23-19-17-14(8-9-24-17)16(13-6-7-15(22)25-18(13)19)21-10-11-2-4-12(20)5-3-11/h2-9,21H,10H2,1H3. The summed E-state index contributed by atoms with van der Waals surface area (Å²) in [6, 6.07) is 13.1. The maximum Gasteiger partial charge on any atom is 0.336 e. The van der Waals surface area contributed by atoms with Gasteiger partial charge in [-0.2, -0.15) is 0 Å². The van der Waals surface area contributed by atoms with Gasteiger partial charge in [0.25, 0.3) is 0 Å². The summed E-state index contributed by atoms with van der Waals surface area (Å²) in [5.41, 5.74) is 2.45. The van der Waals surface area contributed by atoms with Gasteiger partial charge in [0.2, 0.25) is 5.75 Å². The SMILES string of the molecule is COc1c2occc2c(NCc2ccc(Br)cc2)c2ccc(=O)oc12. The molecule has 4 rings (SSSR count). The molecule has 126 valence electrons. The number of halogens is 1. The van der Waals surface area contributed by atoms with Crippen LogP contribution in [0.5, 0.6) is 5.75 Å². The molecule has 0 aliphatic rings. The molecule has 25 heavy (non-hydrogen) atoms. The molecule has 0 fully saturated rings. The minimum absolute atomic E-state index is 0.371. The molecule has 1 N–H and O–H groups in total. The molecular weight excluding hydrogens is 386 g/mol. The first-order valence-electron chi connectivity index (χ1n) is 7.66. The fourth-order valence-electron chi connectivity index (χ4n) is 2.88. The Morgan fingerprint density at radius 2 is 1.80 bits per heavy atom. The van der Waals surface area contributed by atoms with Crippen LogP contribution in [0.2, 0.25) is 0 Å². The van der Waals surface area contributed by atoms with E-state index in [0.717, 1.165) is 26.5 Å². The summed E-state index contributed by atoms with van der Waals surface area (Å²) >= 11 is 3.44. The minimum Gasteiger partial charge on any atom is -0.490 e. The lowest BCUT2D eigenvalue weighted by Crippen LogP contribution is -2.03. The third-order valence-electron chi connectivity index (χ3n) is 4.04. The monoisotopic (exact) mass is 399 g/mol. The molecule has 5 nitrogen and oxygen atoms in total. The molecule has 2 aromatic heterocycles. The van der Waals surface area contributed by atoms with E-state index in [2.05, 4.69) is 21.2 Å². The molecule has 0 saturated heterocycles. The van der Waals surface area contributed by atoms with Gasteiger partial charge in [0, 0.05) is 27.9 Å². The zero-order valence-corrected chi connectivity index (χ0v) is 14.9. The number of anilines is 1. The van der Waals surface area contributed by atoms with Gasteiger partial charge in [-0.1, -0.05) is 28.1 Å². The second kappa shape index (κ2) is 6.29. The molecule has 6 heteroatoms. The predicted molar refractivity (Wildman–Crippen MR) is 100 cm³/mol. The van der Waals surface area contributed by atoms with Crippen LogP contribution in [-0.2, 0) is 6.54 Å². The lowest BCUT2D eigenvalue weighted by atomic mass is 10.1. The first kappa shape index (κ1) is 15.8. The number of furan rings is 1. The molecule has 0 aliphatic carbocycles. The molecule has 2 aromatic carbocycles. The largest absolute Gasteiger partial charge is 0.490 e. The van der Waals surface area contributed by atoms with Gasteiger partial charge >= 0.3 is 5.63 Å². The van der Waals surface area contributed by atoms with Crippen LogP contribution in [0.3, 0.4) is 0 Å². The number of ether oxygens (including phenoxy) is 1. The van der Waals surface area contributed by atoms with Crippen molar-refractivity contribution in [2.24, 2.45) is 0 Å². The number of fused-ring (bicyclic) bond motifs is 2. The highest BCUT2D eigenvalue weighted by atomic mass is 79.9. The molecule has 0 amide bonds. The predicted octanol–water partition coefficient (Wildman–Crippen LogP) is 4.92. The lowest BCUT2D eigenvalue weighted by molar-refractivity contribution is 0.403. The van der Waals surface area contributed by atoms with Crippen molar-refractivity contribution in [2.45, 2.75) is 6.54 Å². The Hall–Kier alpha value is -2.73. The third kappa shape index (κ3) is 2.78. The second-order valence-corrected chi connectivity index (χ2v) is 6.46. The Labute approximate surface area is 151 Å². The van der Waals surface area contributed by atoms with E-state index in [1.54, 1.807) is 12.3 Å². The Kier molecular flexibility index (Phi) is 3.97. The van der Waals surface area contributed by atoms with Crippen molar-refractivity contribution < 1.29 is 13.6 Å². The van der Waals surface area contributed by atoms with E-state index >= 15 is 0 Å². The van der Waals surface area contributed by atoms with Gasteiger partial charge in [-0.15, -0.1) is 0 Å². The van der Waals surface area contributed by atoms with Gasteiger partial charge < -0.3 is 18.9 Å². The van der Waals surface area contributed by atoms with Crippen LogP contribution in [0.15, 0.2) is 66.8 Å². The van der Waals surface area contributed by atoms with E-state index in [1.165, 1.54) is 13.2 Å². The zero-order valence-electron chi connectivity index (χ0n) is 13.3. The normalized spacial score (nSPS) is 11.1. The van der Waals surface area contributed by atoms with Crippen LogP contribution in [0.1, 0.15) is 5.56 Å². The van der Waals surface area contributed by atoms with Gasteiger partial charge in [-0.05, 0) is 29.8 Å². The van der Waals surface area contributed by atoms with Gasteiger partial charge in [0.1, 0.15) is 0 Å². The summed E-state index contributed by atoms with van der Waals surface area (Å²) in [6.07, 6.45) is 1.59. The van der Waals surface area contributed by atoms with E-state index in [1.807, 2.05) is 30.3 Å². The summed E-state index contributed by atoms with van der Waals surface area (Å²) in [4.78, 5) is 11.7. The van der Waals surface area contributed by atoms with Gasteiger partial charge in [-0.3, -0.25) is 0 Å². The maximum atomic E-state index is 11.7. The number of nitrogens with one attached hydrogen (secondary N) is 1. The smallest absolute Gasteiger partial charge is 0.336 e. The van der Waals surface area contributed by atoms with Crippen molar-refractivity contribution in [1.29, 1.82) is 0 Å². The van der Waals surface area contributed by atoms with Crippen LogP contribution < -0.4 is 15.7 Å². The van der Waals surface area contributed by atoms with E-state index in [4.69, 9.17) is 13.6 Å². The number of hydrogen-bond acceptors (Lipinski definition) is 5. The molecule has 4 aromatic rings. The second-order valence-electron chi connectivity index (χ2n) is 5.55. The lowest BCUT2D eigenvalue weighted by Gasteiger charge is -2.13. The summed E-state index contributed by atoms with van der Waals surface area (Å²) in [5.74, 6) is 0.418. The highest BCUT2D eigenvalue weighted by Crippen LogP contribution is 2.41. The molecule has 0 radical (unpaired) electrons. The maximum absolute atomic E-state index is 11.7. The van der Waals surface area contributed by atoms with E-state index in [0.29, 0.717) is 23.5 Å². The molecule has 0 atom stereocenters. The van der Waals surface area contributed by atoms with Crippen molar-refractivity contribution in [2.75, 3.05) is 12.4 Å². The number of hydrogen-bond donors (Lipinski definition) is 1.